The first kappa shape index (κ1) is 21.6. The van der Waals surface area contributed by atoms with E-state index in [1.165, 1.54) is 5.56 Å². The van der Waals surface area contributed by atoms with E-state index in [0.717, 1.165) is 28.2 Å². The van der Waals surface area contributed by atoms with Crippen LogP contribution in [0.1, 0.15) is 37.0 Å². The standard InChI is InChI=1S/C23H25N3O3S/c1-15-13-16(2)23(17(3)14-15)24-18(4)21-11-12-22(25-21)19(5)26-30(27,28)29-20-9-7-6-8-10-20/h6-11,13-14H,12H2,1-5H3/b24-18?,26-19+. The van der Waals surface area contributed by atoms with Crippen molar-refractivity contribution in [1.82, 2.24) is 0 Å². The van der Waals surface area contributed by atoms with E-state index >= 15 is 0 Å². The first-order valence-corrected chi connectivity index (χ1v) is 11.0. The Hall–Kier alpha value is -3.06. The summed E-state index contributed by atoms with van der Waals surface area (Å²) in [6, 6.07) is 12.5. The van der Waals surface area contributed by atoms with Gasteiger partial charge in [-0.25, -0.2) is 4.99 Å². The molecule has 0 radical (unpaired) electrons. The molecule has 0 amide bonds. The molecule has 1 heterocycles. The van der Waals surface area contributed by atoms with E-state index in [0.29, 0.717) is 17.8 Å². The van der Waals surface area contributed by atoms with Crippen LogP contribution in [-0.2, 0) is 10.3 Å². The van der Waals surface area contributed by atoms with E-state index in [9.17, 15) is 8.42 Å². The number of hydrogen-bond acceptors (Lipinski definition) is 5. The highest BCUT2D eigenvalue weighted by molar-refractivity contribution is 7.86. The largest absolute Gasteiger partial charge is 0.428 e. The van der Waals surface area contributed by atoms with Crippen LogP contribution in [0.2, 0.25) is 0 Å². The Kier molecular flexibility index (Phi) is 6.31. The highest BCUT2D eigenvalue weighted by atomic mass is 32.2. The van der Waals surface area contributed by atoms with Crippen molar-refractivity contribution in [2.45, 2.75) is 41.0 Å². The van der Waals surface area contributed by atoms with Crippen LogP contribution in [0.3, 0.4) is 0 Å². The van der Waals surface area contributed by atoms with Gasteiger partial charge in [-0.3, -0.25) is 4.99 Å². The number of benzene rings is 2. The van der Waals surface area contributed by atoms with E-state index in [-0.39, 0.29) is 5.75 Å². The summed E-state index contributed by atoms with van der Waals surface area (Å²) in [7, 11) is -4.12. The Labute approximate surface area is 178 Å². The molecule has 0 saturated heterocycles. The van der Waals surface area contributed by atoms with Crippen LogP contribution in [0.4, 0.5) is 5.69 Å². The summed E-state index contributed by atoms with van der Waals surface area (Å²) < 4.78 is 33.2. The number of aliphatic imine (C=N–C) groups is 2. The van der Waals surface area contributed by atoms with E-state index in [1.807, 2.05) is 26.8 Å². The topological polar surface area (TPSA) is 80.5 Å². The number of nitrogens with zero attached hydrogens (tertiary/aromatic N) is 3. The van der Waals surface area contributed by atoms with E-state index in [1.54, 1.807) is 37.3 Å². The highest BCUT2D eigenvalue weighted by Crippen LogP contribution is 2.27. The smallest absolute Gasteiger partial charge is 0.366 e. The van der Waals surface area contributed by atoms with Crippen LogP contribution < -0.4 is 4.18 Å². The Balaban J connectivity index is 1.80. The number of rotatable bonds is 6. The zero-order chi connectivity index (χ0) is 21.9. The van der Waals surface area contributed by atoms with Crippen molar-refractivity contribution in [1.29, 1.82) is 0 Å². The van der Waals surface area contributed by atoms with Gasteiger partial charge in [0, 0.05) is 6.42 Å². The summed E-state index contributed by atoms with van der Waals surface area (Å²) in [5, 5.41) is 0. The second-order valence-corrected chi connectivity index (χ2v) is 8.50. The quantitative estimate of drug-likeness (QED) is 0.598. The predicted octanol–water partition coefficient (Wildman–Crippen LogP) is 5.22. The Morgan fingerprint density at radius 3 is 2.27 bits per heavy atom. The van der Waals surface area contributed by atoms with Gasteiger partial charge in [0.2, 0.25) is 0 Å². The Morgan fingerprint density at radius 1 is 1.00 bits per heavy atom. The molecule has 156 valence electrons. The summed E-state index contributed by atoms with van der Waals surface area (Å²) in [6.07, 6.45) is 2.42. The lowest BCUT2D eigenvalue weighted by Gasteiger charge is -2.08. The molecule has 0 spiro atoms. The number of hydrogen-bond donors (Lipinski definition) is 0. The van der Waals surface area contributed by atoms with Crippen molar-refractivity contribution >= 4 is 33.1 Å². The van der Waals surface area contributed by atoms with Gasteiger partial charge < -0.3 is 4.18 Å². The van der Waals surface area contributed by atoms with E-state index < -0.39 is 10.3 Å². The molecule has 0 atom stereocenters. The molecule has 6 nitrogen and oxygen atoms in total. The Morgan fingerprint density at radius 2 is 1.63 bits per heavy atom. The molecule has 30 heavy (non-hydrogen) atoms. The maximum atomic E-state index is 12.2. The van der Waals surface area contributed by atoms with Crippen molar-refractivity contribution in [2.75, 3.05) is 0 Å². The summed E-state index contributed by atoms with van der Waals surface area (Å²) in [5.41, 5.74) is 6.73. The van der Waals surface area contributed by atoms with Gasteiger partial charge in [-0.15, -0.1) is 4.40 Å². The third-order valence-corrected chi connectivity index (χ3v) is 5.54. The number of aryl methyl sites for hydroxylation is 3. The predicted molar refractivity (Wildman–Crippen MR) is 123 cm³/mol. The normalized spacial score (nSPS) is 15.1. The van der Waals surface area contributed by atoms with Gasteiger partial charge in [-0.2, -0.15) is 8.42 Å². The van der Waals surface area contributed by atoms with Crippen LogP contribution in [0.15, 0.2) is 68.6 Å². The summed E-state index contributed by atoms with van der Waals surface area (Å²) in [5.74, 6) is 0.216. The molecule has 0 unspecified atom stereocenters. The maximum absolute atomic E-state index is 12.2. The molecule has 0 N–H and O–H groups in total. The second kappa shape index (κ2) is 8.75. The average Bonchev–Trinajstić information content (AvgIpc) is 3.15. The minimum absolute atomic E-state index is 0.216. The lowest BCUT2D eigenvalue weighted by molar-refractivity contribution is 0.488. The van der Waals surface area contributed by atoms with Gasteiger partial charge in [0.15, 0.2) is 0 Å². The van der Waals surface area contributed by atoms with Gasteiger partial charge in [0.1, 0.15) is 5.75 Å². The second-order valence-electron chi connectivity index (χ2n) is 7.30. The van der Waals surface area contributed by atoms with E-state index in [4.69, 9.17) is 9.18 Å². The molecule has 3 rings (SSSR count). The summed E-state index contributed by atoms with van der Waals surface area (Å²) in [4.78, 5) is 9.31. The van der Waals surface area contributed by atoms with Gasteiger partial charge >= 0.3 is 10.3 Å². The van der Waals surface area contributed by atoms with Gasteiger partial charge in [0.25, 0.3) is 0 Å². The molecule has 1 aliphatic heterocycles. The molecular formula is C23H25N3O3S. The minimum atomic E-state index is -4.12. The molecule has 0 aromatic heterocycles. The van der Waals surface area contributed by atoms with Crippen LogP contribution in [0.25, 0.3) is 0 Å². The molecule has 7 heteroatoms. The molecule has 0 bridgehead atoms. The molecule has 1 aliphatic rings. The third kappa shape index (κ3) is 5.30. The summed E-state index contributed by atoms with van der Waals surface area (Å²) in [6.45, 7) is 9.66. The van der Waals surface area contributed by atoms with Gasteiger partial charge in [-0.05, 0) is 57.9 Å². The van der Waals surface area contributed by atoms with Crippen molar-refractivity contribution in [2.24, 2.45) is 14.4 Å². The van der Waals surface area contributed by atoms with Crippen LogP contribution in [0, 0.1) is 20.8 Å². The first-order chi connectivity index (χ1) is 14.1. The van der Waals surface area contributed by atoms with E-state index in [2.05, 4.69) is 28.4 Å². The fourth-order valence-electron chi connectivity index (χ4n) is 3.30. The average molecular weight is 424 g/mol. The van der Waals surface area contributed by atoms with Crippen LogP contribution >= 0.6 is 0 Å². The molecule has 0 saturated carbocycles. The fraction of sp³-hybridized carbons (Fsp3) is 0.261. The molecule has 0 aliphatic carbocycles. The SMILES string of the molecule is CC(=Nc1c(C)cc(C)cc1C)C1=CCC(/C(C)=N/S(=O)(=O)Oc2ccccc2)=N1. The van der Waals surface area contributed by atoms with Crippen molar-refractivity contribution in [3.8, 4) is 5.75 Å². The third-order valence-electron chi connectivity index (χ3n) is 4.64. The fourth-order valence-corrected chi connectivity index (χ4v) is 4.13. The van der Waals surface area contributed by atoms with Crippen LogP contribution in [-0.4, -0.2) is 25.6 Å². The van der Waals surface area contributed by atoms with Gasteiger partial charge in [0.05, 0.1) is 28.5 Å². The van der Waals surface area contributed by atoms with Crippen molar-refractivity contribution < 1.29 is 12.6 Å². The monoisotopic (exact) mass is 423 g/mol. The lowest BCUT2D eigenvalue weighted by atomic mass is 10.1. The molecule has 0 fully saturated rings. The zero-order valence-electron chi connectivity index (χ0n) is 17.8. The summed E-state index contributed by atoms with van der Waals surface area (Å²) >= 11 is 0. The van der Waals surface area contributed by atoms with Crippen molar-refractivity contribution in [3.63, 3.8) is 0 Å². The minimum Gasteiger partial charge on any atom is -0.366 e. The molecule has 2 aromatic carbocycles. The number of allylic oxidation sites excluding steroid dienone is 2. The molecule has 2 aromatic rings. The van der Waals surface area contributed by atoms with Crippen molar-refractivity contribution in [3.05, 3.63) is 70.9 Å². The highest BCUT2D eigenvalue weighted by Gasteiger charge is 2.18. The number of para-hydroxylation sites is 1. The maximum Gasteiger partial charge on any atom is 0.428 e. The molecular weight excluding hydrogens is 398 g/mol. The first-order valence-electron chi connectivity index (χ1n) is 9.62. The zero-order valence-corrected chi connectivity index (χ0v) is 18.6. The van der Waals surface area contributed by atoms with Gasteiger partial charge in [-0.1, -0.05) is 42.0 Å². The Bertz CT molecular complexity index is 1170. The van der Waals surface area contributed by atoms with Crippen LogP contribution in [0.5, 0.6) is 5.75 Å². The lowest BCUT2D eigenvalue weighted by Crippen LogP contribution is -2.14.